The Morgan fingerprint density at radius 2 is 1.66 bits per heavy atom. The monoisotopic (exact) mass is 486 g/mol. The number of primary amides is 1. The summed E-state index contributed by atoms with van der Waals surface area (Å²) in [4.78, 5) is 26.8. The summed E-state index contributed by atoms with van der Waals surface area (Å²) >= 11 is 0. The number of nitrogens with one attached hydrogen (secondary N) is 1. The number of phenolic OH excluding ortho intramolecular Hbond substituents is 1. The van der Waals surface area contributed by atoms with Gasteiger partial charge in [0.05, 0.1) is 5.69 Å². The molecule has 7 nitrogen and oxygen atoms in total. The van der Waals surface area contributed by atoms with E-state index in [1.165, 1.54) is 6.07 Å². The number of hydrogen-bond acceptors (Lipinski definition) is 5. The van der Waals surface area contributed by atoms with Gasteiger partial charge in [0, 0.05) is 45.7 Å². The molecule has 0 radical (unpaired) electrons. The molecule has 2 aromatic rings. The number of benzene rings is 2. The van der Waals surface area contributed by atoms with Crippen LogP contribution in [0.4, 0.5) is 10.1 Å². The van der Waals surface area contributed by atoms with Gasteiger partial charge in [-0.05, 0) is 53.6 Å². The molecular weight excluding hydrogens is 447 g/mol. The van der Waals surface area contributed by atoms with Crippen molar-refractivity contribution in [1.82, 2.24) is 9.80 Å². The molecule has 35 heavy (non-hydrogen) atoms. The van der Waals surface area contributed by atoms with Gasteiger partial charge >= 0.3 is 0 Å². The van der Waals surface area contributed by atoms with E-state index in [-0.39, 0.29) is 29.3 Å². The van der Waals surface area contributed by atoms with E-state index in [1.807, 2.05) is 12.1 Å². The molecule has 0 bridgehead atoms. The third-order valence-electron chi connectivity index (χ3n) is 5.70. The smallest absolute Gasteiger partial charge is 0.218 e. The van der Waals surface area contributed by atoms with Crippen LogP contribution in [0, 0.1) is 11.2 Å². The highest BCUT2D eigenvalue weighted by Crippen LogP contribution is 2.24. The van der Waals surface area contributed by atoms with Crippen molar-refractivity contribution in [3.8, 4) is 5.75 Å². The topological polar surface area (TPSA) is 98.9 Å². The number of nitrogens with two attached hydrogens (primary N) is 1. The molecule has 0 aliphatic carbocycles. The Morgan fingerprint density at radius 1 is 1.00 bits per heavy atom. The van der Waals surface area contributed by atoms with Gasteiger partial charge in [0.2, 0.25) is 12.3 Å². The summed E-state index contributed by atoms with van der Waals surface area (Å²) in [5.41, 5.74) is 7.83. The Balaban J connectivity index is 2.02. The van der Waals surface area contributed by atoms with Crippen molar-refractivity contribution in [1.29, 1.82) is 0 Å². The second-order valence-corrected chi connectivity index (χ2v) is 10.1. The molecule has 0 saturated carbocycles. The first kappa shape index (κ1) is 28.3. The number of hydrogen-bond donors (Lipinski definition) is 3. The molecule has 0 aromatic heterocycles. The molecule has 0 spiro atoms. The average Bonchev–Trinajstić information content (AvgIpc) is 2.77. The summed E-state index contributed by atoms with van der Waals surface area (Å²) in [6.45, 7) is 11.1. The maximum absolute atomic E-state index is 13.6. The van der Waals surface area contributed by atoms with E-state index in [9.17, 15) is 19.1 Å². The summed E-state index contributed by atoms with van der Waals surface area (Å²) < 4.78 is 13.6. The fraction of sp³-hybridized carbons (Fsp3) is 0.481. The number of carbonyl (C=O) groups excluding carboxylic acids is 2. The molecule has 0 fully saturated rings. The van der Waals surface area contributed by atoms with E-state index < -0.39 is 0 Å². The van der Waals surface area contributed by atoms with Gasteiger partial charge in [0.25, 0.3) is 0 Å². The zero-order valence-electron chi connectivity index (χ0n) is 21.1. The van der Waals surface area contributed by atoms with E-state index in [1.54, 1.807) is 24.3 Å². The van der Waals surface area contributed by atoms with Gasteiger partial charge in [-0.3, -0.25) is 9.59 Å². The lowest BCUT2D eigenvalue weighted by Crippen LogP contribution is -2.41. The standard InChI is InChI=1S/C27H39FN4O3/c1-27(2,3)19-32(13-10-22-7-8-25(34)24(18-22)30-20-33)16-15-31(14-11-26(29)35)12-9-21-5-4-6-23(28)17-21/h4-8,17-18,20,34H,9-16,19H2,1-3H3,(H2,29,35)(H,30,33). The largest absolute Gasteiger partial charge is 0.506 e. The number of amides is 2. The Morgan fingerprint density at radius 3 is 2.29 bits per heavy atom. The van der Waals surface area contributed by atoms with Gasteiger partial charge in [-0.1, -0.05) is 39.0 Å². The number of rotatable bonds is 15. The first-order valence-electron chi connectivity index (χ1n) is 12.1. The van der Waals surface area contributed by atoms with Crippen molar-refractivity contribution in [3.05, 3.63) is 59.4 Å². The highest BCUT2D eigenvalue weighted by Gasteiger charge is 2.18. The Labute approximate surface area is 208 Å². The second kappa shape index (κ2) is 13.8. The maximum atomic E-state index is 13.6. The van der Waals surface area contributed by atoms with E-state index in [2.05, 4.69) is 35.9 Å². The average molecular weight is 487 g/mol. The molecule has 8 heteroatoms. The highest BCUT2D eigenvalue weighted by molar-refractivity contribution is 5.75. The summed E-state index contributed by atoms with van der Waals surface area (Å²) in [6, 6.07) is 11.8. The number of aromatic hydroxyl groups is 1. The number of anilines is 1. The number of halogens is 1. The van der Waals surface area contributed by atoms with Gasteiger partial charge in [-0.25, -0.2) is 4.39 Å². The predicted molar refractivity (Wildman–Crippen MR) is 138 cm³/mol. The molecule has 0 aliphatic rings. The minimum absolute atomic E-state index is 0.0378. The third kappa shape index (κ3) is 11.3. The van der Waals surface area contributed by atoms with Gasteiger partial charge in [-0.15, -0.1) is 0 Å². The summed E-state index contributed by atoms with van der Waals surface area (Å²) in [7, 11) is 0. The van der Waals surface area contributed by atoms with Crippen LogP contribution in [0.5, 0.6) is 5.75 Å². The van der Waals surface area contributed by atoms with Gasteiger partial charge in [-0.2, -0.15) is 0 Å². The number of carbonyl (C=O) groups is 2. The Kier molecular flexibility index (Phi) is 11.1. The van der Waals surface area contributed by atoms with Crippen LogP contribution in [-0.4, -0.2) is 66.5 Å². The van der Waals surface area contributed by atoms with Crippen LogP contribution in [-0.2, 0) is 22.4 Å². The van der Waals surface area contributed by atoms with Crippen molar-refractivity contribution in [2.75, 3.05) is 44.6 Å². The molecule has 192 valence electrons. The third-order valence-corrected chi connectivity index (χ3v) is 5.70. The molecule has 2 aromatic carbocycles. The molecule has 0 atom stereocenters. The lowest BCUT2D eigenvalue weighted by molar-refractivity contribution is -0.118. The highest BCUT2D eigenvalue weighted by atomic mass is 19.1. The number of nitrogens with zero attached hydrogens (tertiary/aromatic N) is 2. The van der Waals surface area contributed by atoms with Gasteiger partial charge < -0.3 is 26.0 Å². The normalized spacial score (nSPS) is 11.7. The lowest BCUT2D eigenvalue weighted by Gasteiger charge is -2.32. The zero-order chi connectivity index (χ0) is 25.8. The zero-order valence-corrected chi connectivity index (χ0v) is 21.1. The Hall–Kier alpha value is -2.97. The van der Waals surface area contributed by atoms with Crippen molar-refractivity contribution < 1.29 is 19.1 Å². The first-order chi connectivity index (χ1) is 16.6. The SMILES string of the molecule is CC(C)(C)CN(CCc1ccc(O)c(NC=O)c1)CCN(CCC(N)=O)CCc1cccc(F)c1. The molecule has 2 amide bonds. The first-order valence-corrected chi connectivity index (χ1v) is 12.1. The lowest BCUT2D eigenvalue weighted by atomic mass is 9.95. The second-order valence-electron chi connectivity index (χ2n) is 10.1. The molecule has 0 unspecified atom stereocenters. The maximum Gasteiger partial charge on any atom is 0.218 e. The van der Waals surface area contributed by atoms with Crippen LogP contribution in [0.15, 0.2) is 42.5 Å². The van der Waals surface area contributed by atoms with Crippen molar-refractivity contribution >= 4 is 18.0 Å². The van der Waals surface area contributed by atoms with Crippen molar-refractivity contribution in [2.45, 2.75) is 40.0 Å². The van der Waals surface area contributed by atoms with Crippen LogP contribution in [0.3, 0.4) is 0 Å². The van der Waals surface area contributed by atoms with Crippen LogP contribution in [0.1, 0.15) is 38.3 Å². The molecule has 0 saturated heterocycles. The van der Waals surface area contributed by atoms with E-state index in [4.69, 9.17) is 5.73 Å². The number of phenols is 1. The minimum atomic E-state index is -0.334. The quantitative estimate of drug-likeness (QED) is 0.265. The minimum Gasteiger partial charge on any atom is -0.506 e. The molecule has 2 rings (SSSR count). The van der Waals surface area contributed by atoms with E-state index in [0.717, 1.165) is 43.7 Å². The van der Waals surface area contributed by atoms with E-state index >= 15 is 0 Å². The predicted octanol–water partition coefficient (Wildman–Crippen LogP) is 3.41. The molecular formula is C27H39FN4O3. The van der Waals surface area contributed by atoms with Crippen LogP contribution >= 0.6 is 0 Å². The van der Waals surface area contributed by atoms with Gasteiger partial charge in [0.15, 0.2) is 0 Å². The van der Waals surface area contributed by atoms with E-state index in [0.29, 0.717) is 31.6 Å². The fourth-order valence-corrected chi connectivity index (χ4v) is 4.01. The summed E-state index contributed by atoms with van der Waals surface area (Å²) in [6.07, 6.45) is 2.28. The molecule has 0 heterocycles. The van der Waals surface area contributed by atoms with Crippen molar-refractivity contribution in [2.24, 2.45) is 11.1 Å². The fourth-order valence-electron chi connectivity index (χ4n) is 4.01. The van der Waals surface area contributed by atoms with Crippen molar-refractivity contribution in [3.63, 3.8) is 0 Å². The molecule has 4 N–H and O–H groups in total. The summed E-state index contributed by atoms with van der Waals surface area (Å²) in [5, 5.41) is 12.4. The van der Waals surface area contributed by atoms with Gasteiger partial charge in [0.1, 0.15) is 11.6 Å². The van der Waals surface area contributed by atoms with Crippen LogP contribution in [0.25, 0.3) is 0 Å². The van der Waals surface area contributed by atoms with Crippen LogP contribution < -0.4 is 11.1 Å². The molecule has 0 aliphatic heterocycles. The Bertz CT molecular complexity index is 962. The van der Waals surface area contributed by atoms with Crippen LogP contribution in [0.2, 0.25) is 0 Å². The summed E-state index contributed by atoms with van der Waals surface area (Å²) in [5.74, 6) is -0.543.